The highest BCUT2D eigenvalue weighted by atomic mass is 16.6. The van der Waals surface area contributed by atoms with Crippen LogP contribution >= 0.6 is 0 Å². The van der Waals surface area contributed by atoms with Crippen LogP contribution in [0, 0.1) is 0 Å². The van der Waals surface area contributed by atoms with Gasteiger partial charge in [-0.25, -0.2) is 0 Å². The van der Waals surface area contributed by atoms with Crippen LogP contribution in [0.5, 0.6) is 0 Å². The zero-order chi connectivity index (χ0) is 7.07. The van der Waals surface area contributed by atoms with E-state index in [2.05, 4.69) is 27.4 Å². The van der Waals surface area contributed by atoms with Gasteiger partial charge in [0.2, 0.25) is 0 Å². The van der Waals surface area contributed by atoms with Gasteiger partial charge in [0.25, 0.3) is 0 Å². The fourth-order valence-corrected chi connectivity index (χ4v) is 1.06. The summed E-state index contributed by atoms with van der Waals surface area (Å²) < 4.78 is 5.36. The minimum atomic E-state index is 0.0226. The predicted octanol–water partition coefficient (Wildman–Crippen LogP) is 2.13. The van der Waals surface area contributed by atoms with E-state index in [-0.39, 0.29) is 5.60 Å². The molecule has 1 nitrogen and oxygen atoms in total. The number of hydrogen-bond donors (Lipinski definition) is 0. The third-order valence-electron chi connectivity index (χ3n) is 2.27. The van der Waals surface area contributed by atoms with Crippen LogP contribution in [-0.2, 0) is 4.74 Å². The van der Waals surface area contributed by atoms with Crippen molar-refractivity contribution < 1.29 is 4.74 Å². The van der Waals surface area contributed by atoms with Crippen molar-refractivity contribution in [1.29, 1.82) is 0 Å². The van der Waals surface area contributed by atoms with Gasteiger partial charge in [0.1, 0.15) is 5.60 Å². The van der Waals surface area contributed by atoms with E-state index in [0.717, 1.165) is 6.42 Å². The van der Waals surface area contributed by atoms with Gasteiger partial charge in [-0.05, 0) is 25.8 Å². The highest BCUT2D eigenvalue weighted by Gasteiger charge is 2.50. The number of epoxide rings is 1. The van der Waals surface area contributed by atoms with Gasteiger partial charge in [-0.15, -0.1) is 0 Å². The van der Waals surface area contributed by atoms with Crippen LogP contribution in [0.4, 0.5) is 0 Å². The van der Waals surface area contributed by atoms with Crippen molar-refractivity contribution >= 4 is 0 Å². The zero-order valence-corrected chi connectivity index (χ0v) is 6.40. The summed E-state index contributed by atoms with van der Waals surface area (Å²) in [7, 11) is 0. The van der Waals surface area contributed by atoms with Crippen LogP contribution in [0.15, 0.2) is 12.2 Å². The lowest BCUT2D eigenvalue weighted by Crippen LogP contribution is -2.09. The third-order valence-corrected chi connectivity index (χ3v) is 2.27. The van der Waals surface area contributed by atoms with E-state index < -0.39 is 0 Å². The molecule has 0 bridgehead atoms. The molecule has 1 heterocycles. The summed E-state index contributed by atoms with van der Waals surface area (Å²) in [6.07, 6.45) is 1.42. The summed E-state index contributed by atoms with van der Waals surface area (Å²) in [6, 6.07) is 0. The molecule has 1 fully saturated rings. The van der Waals surface area contributed by atoms with E-state index in [1.165, 1.54) is 5.57 Å². The Labute approximate surface area is 56.7 Å². The molecule has 2 unspecified atom stereocenters. The van der Waals surface area contributed by atoms with E-state index in [4.69, 9.17) is 4.74 Å². The van der Waals surface area contributed by atoms with E-state index >= 15 is 0 Å². The maximum absolute atomic E-state index is 5.36. The summed E-state index contributed by atoms with van der Waals surface area (Å²) >= 11 is 0. The summed E-state index contributed by atoms with van der Waals surface area (Å²) in [5.41, 5.74) is 1.24. The van der Waals surface area contributed by atoms with E-state index in [1.807, 2.05) is 0 Å². The second-order valence-electron chi connectivity index (χ2n) is 2.82. The van der Waals surface area contributed by atoms with Crippen molar-refractivity contribution in [3.8, 4) is 0 Å². The van der Waals surface area contributed by atoms with Gasteiger partial charge in [-0.2, -0.15) is 0 Å². The quantitative estimate of drug-likeness (QED) is 0.408. The molecule has 0 aromatic carbocycles. The lowest BCUT2D eigenvalue weighted by Gasteiger charge is -2.05. The Morgan fingerprint density at radius 1 is 1.78 bits per heavy atom. The first-order valence-electron chi connectivity index (χ1n) is 3.47. The number of ether oxygens (including phenoxy) is 1. The van der Waals surface area contributed by atoms with E-state index in [1.54, 1.807) is 0 Å². The average Bonchev–Trinajstić information content (AvgIpc) is 2.41. The lowest BCUT2D eigenvalue weighted by molar-refractivity contribution is 0.337. The second kappa shape index (κ2) is 1.84. The van der Waals surface area contributed by atoms with Crippen LogP contribution in [0.2, 0.25) is 0 Å². The summed E-state index contributed by atoms with van der Waals surface area (Å²) in [5, 5.41) is 0. The molecule has 52 valence electrons. The Bertz CT molecular complexity index is 140. The molecule has 0 aromatic heterocycles. The molecular formula is C8H14O. The van der Waals surface area contributed by atoms with Crippen molar-refractivity contribution in [3.05, 3.63) is 12.2 Å². The standard InChI is InChI=1S/C8H14O/c1-5-6(2)8(4)7(3)9-8/h7H,2,5H2,1,3-4H3. The maximum atomic E-state index is 5.36. The SMILES string of the molecule is C=C(CC)C1(C)OC1C. The smallest absolute Gasteiger partial charge is 0.112 e. The lowest BCUT2D eigenvalue weighted by atomic mass is 9.98. The van der Waals surface area contributed by atoms with Gasteiger partial charge in [0, 0.05) is 0 Å². The molecule has 0 saturated carbocycles. The normalized spacial score (nSPS) is 40.6. The van der Waals surface area contributed by atoms with Crippen molar-refractivity contribution in [2.75, 3.05) is 0 Å². The molecule has 0 spiro atoms. The molecule has 1 rings (SSSR count). The largest absolute Gasteiger partial charge is 0.362 e. The second-order valence-corrected chi connectivity index (χ2v) is 2.82. The fourth-order valence-electron chi connectivity index (χ4n) is 1.06. The van der Waals surface area contributed by atoms with E-state index in [0.29, 0.717) is 6.10 Å². The van der Waals surface area contributed by atoms with Gasteiger partial charge >= 0.3 is 0 Å². The number of rotatable bonds is 2. The Hall–Kier alpha value is -0.300. The molecule has 0 radical (unpaired) electrons. The van der Waals surface area contributed by atoms with Gasteiger partial charge in [0.15, 0.2) is 0 Å². The summed E-state index contributed by atoms with van der Waals surface area (Å²) in [5.74, 6) is 0. The topological polar surface area (TPSA) is 12.5 Å². The van der Waals surface area contributed by atoms with Crippen molar-refractivity contribution in [3.63, 3.8) is 0 Å². The fraction of sp³-hybridized carbons (Fsp3) is 0.750. The highest BCUT2D eigenvalue weighted by Crippen LogP contribution is 2.42. The molecule has 0 N–H and O–H groups in total. The van der Waals surface area contributed by atoms with Crippen LogP contribution in [0.1, 0.15) is 27.2 Å². The minimum absolute atomic E-state index is 0.0226. The van der Waals surface area contributed by atoms with Gasteiger partial charge < -0.3 is 4.74 Å². The monoisotopic (exact) mass is 126 g/mol. The first kappa shape index (κ1) is 6.81. The molecule has 9 heavy (non-hydrogen) atoms. The van der Waals surface area contributed by atoms with Gasteiger partial charge in [-0.1, -0.05) is 13.5 Å². The molecule has 0 amide bonds. The maximum Gasteiger partial charge on any atom is 0.112 e. The van der Waals surface area contributed by atoms with Crippen molar-refractivity contribution in [2.45, 2.75) is 38.9 Å². The van der Waals surface area contributed by atoms with Gasteiger partial charge in [-0.3, -0.25) is 0 Å². The molecule has 1 aliphatic heterocycles. The Morgan fingerprint density at radius 2 is 2.22 bits per heavy atom. The summed E-state index contributed by atoms with van der Waals surface area (Å²) in [4.78, 5) is 0. The molecule has 1 saturated heterocycles. The van der Waals surface area contributed by atoms with Gasteiger partial charge in [0.05, 0.1) is 6.10 Å². The van der Waals surface area contributed by atoms with E-state index in [9.17, 15) is 0 Å². The Morgan fingerprint density at radius 3 is 2.33 bits per heavy atom. The van der Waals surface area contributed by atoms with Crippen LogP contribution in [0.3, 0.4) is 0 Å². The predicted molar refractivity (Wildman–Crippen MR) is 38.4 cm³/mol. The first-order valence-corrected chi connectivity index (χ1v) is 3.47. The van der Waals surface area contributed by atoms with Crippen molar-refractivity contribution in [1.82, 2.24) is 0 Å². The zero-order valence-electron chi connectivity index (χ0n) is 6.40. The van der Waals surface area contributed by atoms with Crippen molar-refractivity contribution in [2.24, 2.45) is 0 Å². The molecule has 2 atom stereocenters. The minimum Gasteiger partial charge on any atom is -0.362 e. The molecule has 0 aliphatic carbocycles. The molecular weight excluding hydrogens is 112 g/mol. The molecule has 0 aromatic rings. The van der Waals surface area contributed by atoms with Crippen LogP contribution < -0.4 is 0 Å². The number of hydrogen-bond acceptors (Lipinski definition) is 1. The molecule has 1 aliphatic rings. The average molecular weight is 126 g/mol. The Balaban J connectivity index is 2.53. The van der Waals surface area contributed by atoms with Crippen LogP contribution in [-0.4, -0.2) is 11.7 Å². The van der Waals surface area contributed by atoms with Crippen LogP contribution in [0.25, 0.3) is 0 Å². The Kier molecular flexibility index (Phi) is 1.39. The molecule has 1 heteroatoms. The summed E-state index contributed by atoms with van der Waals surface area (Å²) in [6.45, 7) is 10.2. The highest BCUT2D eigenvalue weighted by molar-refractivity contribution is 5.21. The third kappa shape index (κ3) is 0.897. The first-order chi connectivity index (χ1) is 4.11.